The largest absolute Gasteiger partial charge is 0.496 e. The molecular weight excluding hydrogens is 364 g/mol. The Bertz CT molecular complexity index is 912. The summed E-state index contributed by atoms with van der Waals surface area (Å²) in [4.78, 5) is 23.1. The van der Waals surface area contributed by atoms with Gasteiger partial charge in [0.1, 0.15) is 23.4 Å². The van der Waals surface area contributed by atoms with E-state index in [1.165, 1.54) is 25.3 Å². The molecule has 1 amide bonds. The monoisotopic (exact) mass is 386 g/mol. The summed E-state index contributed by atoms with van der Waals surface area (Å²) in [7, 11) is 1.41. The van der Waals surface area contributed by atoms with E-state index in [9.17, 15) is 14.9 Å². The molecule has 2 aromatic rings. The van der Waals surface area contributed by atoms with E-state index in [-0.39, 0.29) is 29.6 Å². The van der Waals surface area contributed by atoms with Crippen molar-refractivity contribution in [2.24, 2.45) is 0 Å². The fourth-order valence-corrected chi connectivity index (χ4v) is 3.17. The third-order valence-electron chi connectivity index (χ3n) is 4.46. The Morgan fingerprint density at radius 3 is 2.79 bits per heavy atom. The van der Waals surface area contributed by atoms with Gasteiger partial charge in [0.2, 0.25) is 0 Å². The van der Waals surface area contributed by atoms with E-state index in [2.05, 4.69) is 5.32 Å². The number of fused-ring (bicyclic) bond motifs is 1. The molecule has 1 aliphatic rings. The minimum Gasteiger partial charge on any atom is -0.496 e. The van der Waals surface area contributed by atoms with Crippen LogP contribution in [0.5, 0.6) is 17.2 Å². The second-order valence-corrected chi connectivity index (χ2v) is 6.46. The lowest BCUT2D eigenvalue weighted by Gasteiger charge is -2.14. The molecule has 0 bridgehead atoms. The highest BCUT2D eigenvalue weighted by Gasteiger charge is 2.23. The van der Waals surface area contributed by atoms with Gasteiger partial charge in [-0.2, -0.15) is 0 Å². The van der Waals surface area contributed by atoms with Crippen LogP contribution >= 0.6 is 0 Å². The molecule has 0 aliphatic carbocycles. The van der Waals surface area contributed by atoms with E-state index in [0.717, 1.165) is 23.3 Å². The number of benzene rings is 2. The molecule has 2 aromatic carbocycles. The van der Waals surface area contributed by atoms with Gasteiger partial charge in [0.05, 0.1) is 24.2 Å². The summed E-state index contributed by atoms with van der Waals surface area (Å²) >= 11 is 0. The molecule has 0 fully saturated rings. The standard InChI is InChI=1S/C20H22N2O6/c1-4-27-18-8-13-7-12(2)28-19(13)9-14(18)11-21-20(23)16-10-15(22(24)25)5-6-17(16)26-3/h5-6,8-10,12H,4,7,11H2,1-3H3,(H,21,23)/t12-/m1/s1. The molecule has 1 aliphatic heterocycles. The predicted octanol–water partition coefficient (Wildman–Crippen LogP) is 3.26. The molecule has 1 N–H and O–H groups in total. The van der Waals surface area contributed by atoms with Gasteiger partial charge in [-0.25, -0.2) is 0 Å². The molecule has 8 heteroatoms. The first-order valence-electron chi connectivity index (χ1n) is 8.98. The molecule has 1 atom stereocenters. The molecule has 0 radical (unpaired) electrons. The number of carbonyl (C=O) groups is 1. The van der Waals surface area contributed by atoms with Crippen molar-refractivity contribution in [2.45, 2.75) is 32.9 Å². The number of nitrogens with one attached hydrogen (secondary N) is 1. The molecule has 3 rings (SSSR count). The quantitative estimate of drug-likeness (QED) is 0.579. The van der Waals surface area contributed by atoms with Crippen LogP contribution in [0.3, 0.4) is 0 Å². The van der Waals surface area contributed by atoms with Crippen molar-refractivity contribution in [3.05, 3.63) is 57.1 Å². The zero-order chi connectivity index (χ0) is 20.3. The molecular formula is C20H22N2O6. The lowest BCUT2D eigenvalue weighted by Crippen LogP contribution is -2.24. The van der Waals surface area contributed by atoms with Crippen LogP contribution in [-0.2, 0) is 13.0 Å². The van der Waals surface area contributed by atoms with Crippen molar-refractivity contribution in [3.63, 3.8) is 0 Å². The summed E-state index contributed by atoms with van der Waals surface area (Å²) in [6.45, 7) is 4.57. The van der Waals surface area contributed by atoms with Crippen LogP contribution in [0.1, 0.15) is 35.3 Å². The number of carbonyl (C=O) groups excluding carboxylic acids is 1. The van der Waals surface area contributed by atoms with E-state index < -0.39 is 10.8 Å². The number of non-ortho nitro benzene ring substituents is 1. The van der Waals surface area contributed by atoms with Crippen LogP contribution in [0.25, 0.3) is 0 Å². The summed E-state index contributed by atoms with van der Waals surface area (Å²) in [6.07, 6.45) is 0.913. The molecule has 0 saturated carbocycles. The topological polar surface area (TPSA) is 99.9 Å². The number of methoxy groups -OCH3 is 1. The van der Waals surface area contributed by atoms with Crippen LogP contribution in [0.2, 0.25) is 0 Å². The van der Waals surface area contributed by atoms with E-state index in [1.54, 1.807) is 0 Å². The van der Waals surface area contributed by atoms with Crippen molar-refractivity contribution in [3.8, 4) is 17.2 Å². The van der Waals surface area contributed by atoms with Crippen LogP contribution in [0.15, 0.2) is 30.3 Å². The van der Waals surface area contributed by atoms with Crippen LogP contribution in [0, 0.1) is 10.1 Å². The van der Waals surface area contributed by atoms with Gasteiger partial charge in [-0.1, -0.05) is 0 Å². The summed E-state index contributed by atoms with van der Waals surface area (Å²) in [5, 5.41) is 13.8. The lowest BCUT2D eigenvalue weighted by atomic mass is 10.1. The van der Waals surface area contributed by atoms with Crippen LogP contribution in [-0.4, -0.2) is 30.7 Å². The third-order valence-corrected chi connectivity index (χ3v) is 4.46. The number of nitrogens with zero attached hydrogens (tertiary/aromatic N) is 1. The van der Waals surface area contributed by atoms with Gasteiger partial charge in [-0.05, 0) is 32.0 Å². The maximum Gasteiger partial charge on any atom is 0.270 e. The summed E-state index contributed by atoms with van der Waals surface area (Å²) in [5.41, 5.74) is 1.76. The first kappa shape index (κ1) is 19.5. The fourth-order valence-electron chi connectivity index (χ4n) is 3.17. The minimum absolute atomic E-state index is 0.0979. The summed E-state index contributed by atoms with van der Waals surface area (Å²) in [5.74, 6) is 1.26. The maximum absolute atomic E-state index is 12.6. The molecule has 0 unspecified atom stereocenters. The smallest absolute Gasteiger partial charge is 0.270 e. The SMILES string of the molecule is CCOc1cc2c(cc1CNC(=O)c1cc([N+](=O)[O-])ccc1OC)O[C@H](C)C2. The molecule has 0 saturated heterocycles. The number of hydrogen-bond acceptors (Lipinski definition) is 6. The highest BCUT2D eigenvalue weighted by Crippen LogP contribution is 2.35. The Morgan fingerprint density at radius 2 is 2.11 bits per heavy atom. The third kappa shape index (κ3) is 4.00. The Hall–Kier alpha value is -3.29. The van der Waals surface area contributed by atoms with E-state index >= 15 is 0 Å². The molecule has 0 spiro atoms. The number of nitro groups is 1. The summed E-state index contributed by atoms with van der Waals surface area (Å²) < 4.78 is 16.7. The van der Waals surface area contributed by atoms with Crippen LogP contribution in [0.4, 0.5) is 5.69 Å². The van der Waals surface area contributed by atoms with E-state index in [0.29, 0.717) is 12.4 Å². The van der Waals surface area contributed by atoms with Crippen molar-refractivity contribution < 1.29 is 23.9 Å². The minimum atomic E-state index is -0.553. The van der Waals surface area contributed by atoms with Gasteiger partial charge in [0.25, 0.3) is 11.6 Å². The van der Waals surface area contributed by atoms with E-state index in [4.69, 9.17) is 14.2 Å². The Labute approximate surface area is 162 Å². The van der Waals surface area contributed by atoms with Crippen molar-refractivity contribution in [1.29, 1.82) is 0 Å². The molecule has 8 nitrogen and oxygen atoms in total. The second-order valence-electron chi connectivity index (χ2n) is 6.46. The number of nitro benzene ring substituents is 1. The first-order chi connectivity index (χ1) is 13.4. The Balaban J connectivity index is 1.82. The predicted molar refractivity (Wildman–Crippen MR) is 102 cm³/mol. The molecule has 28 heavy (non-hydrogen) atoms. The number of hydrogen-bond donors (Lipinski definition) is 1. The van der Waals surface area contributed by atoms with Gasteiger partial charge in [0.15, 0.2) is 0 Å². The van der Waals surface area contributed by atoms with Crippen LogP contribution < -0.4 is 19.5 Å². The molecule has 148 valence electrons. The van der Waals surface area contributed by atoms with Gasteiger partial charge in [-0.15, -0.1) is 0 Å². The average Bonchev–Trinajstić information content (AvgIpc) is 3.04. The van der Waals surface area contributed by atoms with E-state index in [1.807, 2.05) is 26.0 Å². The van der Waals surface area contributed by atoms with Gasteiger partial charge < -0.3 is 19.5 Å². The number of rotatable bonds is 7. The highest BCUT2D eigenvalue weighted by atomic mass is 16.6. The maximum atomic E-state index is 12.6. The Morgan fingerprint density at radius 1 is 1.32 bits per heavy atom. The zero-order valence-electron chi connectivity index (χ0n) is 16.0. The van der Waals surface area contributed by atoms with Gasteiger partial charge in [0, 0.05) is 36.2 Å². The Kier molecular flexibility index (Phi) is 5.67. The molecule has 1 heterocycles. The average molecular weight is 386 g/mol. The van der Waals surface area contributed by atoms with Crippen molar-refractivity contribution in [1.82, 2.24) is 5.32 Å². The first-order valence-corrected chi connectivity index (χ1v) is 8.98. The molecule has 0 aromatic heterocycles. The lowest BCUT2D eigenvalue weighted by molar-refractivity contribution is -0.384. The number of ether oxygens (including phenoxy) is 3. The normalized spacial score (nSPS) is 14.8. The number of amides is 1. The van der Waals surface area contributed by atoms with Crippen molar-refractivity contribution >= 4 is 11.6 Å². The van der Waals surface area contributed by atoms with Gasteiger partial charge >= 0.3 is 0 Å². The highest BCUT2D eigenvalue weighted by molar-refractivity contribution is 5.97. The second kappa shape index (κ2) is 8.16. The fraction of sp³-hybridized carbons (Fsp3) is 0.350. The summed E-state index contributed by atoms with van der Waals surface area (Å²) in [6, 6.07) is 7.71. The van der Waals surface area contributed by atoms with Gasteiger partial charge in [-0.3, -0.25) is 14.9 Å². The van der Waals surface area contributed by atoms with Crippen molar-refractivity contribution in [2.75, 3.05) is 13.7 Å². The zero-order valence-corrected chi connectivity index (χ0v) is 16.0.